The smallest absolute Gasteiger partial charge is 0.415 e. The molecule has 0 atom stereocenters. The second-order valence-corrected chi connectivity index (χ2v) is 4.51. The average molecular weight is 237 g/mol. The van der Waals surface area contributed by atoms with E-state index in [0.29, 0.717) is 11.6 Å². The predicted octanol–water partition coefficient (Wildman–Crippen LogP) is 2.26. The fraction of sp³-hybridized carbons (Fsp3) is 0.500. The Hall–Kier alpha value is -1.78. The molecule has 1 aromatic rings. The molecule has 0 aromatic carbocycles. The summed E-state index contributed by atoms with van der Waals surface area (Å²) in [4.78, 5) is 17.1. The van der Waals surface area contributed by atoms with Gasteiger partial charge in [-0.25, -0.2) is 9.78 Å². The van der Waals surface area contributed by atoms with E-state index in [1.165, 1.54) is 12.0 Å². The molecule has 0 aliphatic carbocycles. The lowest BCUT2D eigenvalue weighted by Crippen LogP contribution is -2.34. The molecule has 0 saturated heterocycles. The normalized spacial score (nSPS) is 10.9. The van der Waals surface area contributed by atoms with Crippen LogP contribution in [-0.2, 0) is 4.74 Å². The van der Waals surface area contributed by atoms with Crippen molar-refractivity contribution in [2.45, 2.75) is 26.4 Å². The number of ether oxygens (including phenoxy) is 2. The van der Waals surface area contributed by atoms with Gasteiger partial charge in [-0.2, -0.15) is 0 Å². The highest BCUT2D eigenvalue weighted by Crippen LogP contribution is 2.24. The summed E-state index contributed by atoms with van der Waals surface area (Å²) in [6, 6.07) is 3.30. The molecule has 0 spiro atoms. The lowest BCUT2D eigenvalue weighted by molar-refractivity contribution is 0.0587. The van der Waals surface area contributed by atoms with E-state index in [2.05, 4.69) is 11.2 Å². The van der Waals surface area contributed by atoms with Gasteiger partial charge in [0.15, 0.2) is 11.6 Å². The lowest BCUT2D eigenvalue weighted by atomic mass is 10.2. The highest BCUT2D eigenvalue weighted by atomic mass is 16.6. The van der Waals surface area contributed by atoms with Crippen molar-refractivity contribution in [2.75, 3.05) is 19.1 Å². The van der Waals surface area contributed by atoms with Gasteiger partial charge in [0, 0.05) is 7.05 Å². The van der Waals surface area contributed by atoms with Gasteiger partial charge in [-0.1, -0.05) is 0 Å². The molecule has 5 heteroatoms. The molecular formula is C12H17N2O3. The van der Waals surface area contributed by atoms with E-state index in [0.717, 1.165) is 0 Å². The minimum atomic E-state index is -0.545. The van der Waals surface area contributed by atoms with Gasteiger partial charge >= 0.3 is 6.09 Å². The molecule has 93 valence electrons. The van der Waals surface area contributed by atoms with Crippen molar-refractivity contribution in [1.82, 2.24) is 4.98 Å². The molecule has 0 saturated carbocycles. The number of methoxy groups -OCH3 is 1. The maximum atomic E-state index is 11.8. The number of hydrogen-bond acceptors (Lipinski definition) is 4. The number of anilines is 1. The zero-order valence-corrected chi connectivity index (χ0v) is 10.8. The van der Waals surface area contributed by atoms with Crippen molar-refractivity contribution in [3.05, 3.63) is 18.3 Å². The van der Waals surface area contributed by atoms with Crippen molar-refractivity contribution in [3.8, 4) is 5.75 Å². The summed E-state index contributed by atoms with van der Waals surface area (Å²) in [5, 5.41) is 0. The lowest BCUT2D eigenvalue weighted by Gasteiger charge is -2.24. The largest absolute Gasteiger partial charge is 0.493 e. The third-order valence-electron chi connectivity index (χ3n) is 1.91. The Labute approximate surface area is 101 Å². The third kappa shape index (κ3) is 3.62. The van der Waals surface area contributed by atoms with Crippen LogP contribution in [0.3, 0.4) is 0 Å². The van der Waals surface area contributed by atoms with Crippen molar-refractivity contribution < 1.29 is 14.3 Å². The number of carbonyl (C=O) groups excluding carboxylic acids is 1. The van der Waals surface area contributed by atoms with Crippen molar-refractivity contribution in [2.24, 2.45) is 0 Å². The molecule has 0 aliphatic rings. The number of pyridine rings is 1. The van der Waals surface area contributed by atoms with Crippen LogP contribution < -0.4 is 9.64 Å². The molecule has 0 bridgehead atoms. The molecule has 1 heterocycles. The van der Waals surface area contributed by atoms with Gasteiger partial charge in [0.2, 0.25) is 0 Å². The second kappa shape index (κ2) is 5.03. The minimum absolute atomic E-state index is 0.379. The van der Waals surface area contributed by atoms with Gasteiger partial charge < -0.3 is 9.47 Å². The first-order chi connectivity index (χ1) is 7.85. The van der Waals surface area contributed by atoms with Crippen LogP contribution in [0, 0.1) is 6.20 Å². The Morgan fingerprint density at radius 3 is 2.65 bits per heavy atom. The molecule has 0 fully saturated rings. The summed E-state index contributed by atoms with van der Waals surface area (Å²) < 4.78 is 10.3. The van der Waals surface area contributed by atoms with Gasteiger partial charge in [-0.3, -0.25) is 4.90 Å². The summed E-state index contributed by atoms with van der Waals surface area (Å²) in [5.41, 5.74) is -0.545. The molecule has 5 nitrogen and oxygen atoms in total. The molecular weight excluding hydrogens is 220 g/mol. The first kappa shape index (κ1) is 13.3. The Morgan fingerprint density at radius 1 is 1.47 bits per heavy atom. The highest BCUT2D eigenvalue weighted by Gasteiger charge is 2.23. The Kier molecular flexibility index (Phi) is 3.93. The molecule has 0 unspecified atom stereocenters. The van der Waals surface area contributed by atoms with Crippen LogP contribution in [0.2, 0.25) is 0 Å². The average Bonchev–Trinajstić information content (AvgIpc) is 2.25. The van der Waals surface area contributed by atoms with Gasteiger partial charge in [0.05, 0.1) is 13.3 Å². The van der Waals surface area contributed by atoms with Crippen LogP contribution in [-0.4, -0.2) is 30.8 Å². The van der Waals surface area contributed by atoms with E-state index in [9.17, 15) is 4.79 Å². The standard InChI is InChI=1S/C12H17N2O3/c1-12(2,3)17-11(15)14(4)10-9(16-5)7-6-8-13-10/h6-7H,1-5H3. The van der Waals surface area contributed by atoms with Crippen LogP contribution in [0.25, 0.3) is 0 Å². The van der Waals surface area contributed by atoms with E-state index in [1.807, 2.05) is 0 Å². The maximum absolute atomic E-state index is 11.8. The zero-order chi connectivity index (χ0) is 13.1. The van der Waals surface area contributed by atoms with Crippen molar-refractivity contribution in [3.63, 3.8) is 0 Å². The Morgan fingerprint density at radius 2 is 2.12 bits per heavy atom. The van der Waals surface area contributed by atoms with Crippen LogP contribution >= 0.6 is 0 Å². The quantitative estimate of drug-likeness (QED) is 0.791. The van der Waals surface area contributed by atoms with E-state index in [-0.39, 0.29) is 0 Å². The van der Waals surface area contributed by atoms with Gasteiger partial charge in [-0.05, 0) is 32.9 Å². The number of nitrogens with zero attached hydrogens (tertiary/aromatic N) is 2. The maximum Gasteiger partial charge on any atom is 0.415 e. The Bertz CT molecular complexity index is 399. The molecule has 1 aromatic heterocycles. The van der Waals surface area contributed by atoms with E-state index < -0.39 is 11.7 Å². The first-order valence-electron chi connectivity index (χ1n) is 5.23. The fourth-order valence-electron chi connectivity index (χ4n) is 1.16. The SMILES string of the molecule is COc1cc[c]nc1N(C)C(=O)OC(C)(C)C. The zero-order valence-electron chi connectivity index (χ0n) is 10.8. The summed E-state index contributed by atoms with van der Waals surface area (Å²) in [6.45, 7) is 5.42. The topological polar surface area (TPSA) is 51.7 Å². The first-order valence-corrected chi connectivity index (χ1v) is 5.23. The van der Waals surface area contributed by atoms with Gasteiger partial charge in [-0.15, -0.1) is 0 Å². The van der Waals surface area contributed by atoms with Crippen LogP contribution in [0.4, 0.5) is 10.6 Å². The summed E-state index contributed by atoms with van der Waals surface area (Å²) in [5.74, 6) is 0.876. The van der Waals surface area contributed by atoms with Crippen LogP contribution in [0.5, 0.6) is 5.75 Å². The van der Waals surface area contributed by atoms with Crippen LogP contribution in [0.15, 0.2) is 12.1 Å². The molecule has 0 N–H and O–H groups in total. The summed E-state index contributed by atoms with van der Waals surface area (Å²) >= 11 is 0. The molecule has 0 aliphatic heterocycles. The Balaban J connectivity index is 2.89. The number of hydrogen-bond donors (Lipinski definition) is 0. The molecule has 1 radical (unpaired) electrons. The predicted molar refractivity (Wildman–Crippen MR) is 64.3 cm³/mol. The van der Waals surface area contributed by atoms with E-state index in [4.69, 9.17) is 9.47 Å². The van der Waals surface area contributed by atoms with E-state index >= 15 is 0 Å². The highest BCUT2D eigenvalue weighted by molar-refractivity contribution is 5.87. The summed E-state index contributed by atoms with van der Waals surface area (Å²) in [7, 11) is 3.09. The second-order valence-electron chi connectivity index (χ2n) is 4.51. The number of carbonyl (C=O) groups is 1. The number of rotatable bonds is 2. The molecule has 1 amide bonds. The van der Waals surface area contributed by atoms with Crippen molar-refractivity contribution >= 4 is 11.9 Å². The fourth-order valence-corrected chi connectivity index (χ4v) is 1.16. The molecule has 17 heavy (non-hydrogen) atoms. The van der Waals surface area contributed by atoms with Gasteiger partial charge in [0.25, 0.3) is 0 Å². The van der Waals surface area contributed by atoms with Gasteiger partial charge in [0.1, 0.15) is 5.60 Å². The third-order valence-corrected chi connectivity index (χ3v) is 1.91. The number of amides is 1. The van der Waals surface area contributed by atoms with E-state index in [1.54, 1.807) is 40.0 Å². The number of aromatic nitrogens is 1. The van der Waals surface area contributed by atoms with Crippen LogP contribution in [0.1, 0.15) is 20.8 Å². The van der Waals surface area contributed by atoms with Crippen molar-refractivity contribution in [1.29, 1.82) is 0 Å². The minimum Gasteiger partial charge on any atom is -0.493 e. The summed E-state index contributed by atoms with van der Waals surface area (Å²) in [6.07, 6.45) is 2.17. The molecule has 1 rings (SSSR count). The monoisotopic (exact) mass is 237 g/mol.